The van der Waals surface area contributed by atoms with E-state index in [1.54, 1.807) is 56.7 Å². The van der Waals surface area contributed by atoms with Gasteiger partial charge in [0, 0.05) is 26.2 Å². The summed E-state index contributed by atoms with van der Waals surface area (Å²) in [6.07, 6.45) is 1.37. The number of imidazole rings is 1. The summed E-state index contributed by atoms with van der Waals surface area (Å²) in [5.41, 5.74) is 1.55. The molecule has 0 amide bonds. The molecule has 0 aliphatic heterocycles. The van der Waals surface area contributed by atoms with Crippen molar-refractivity contribution in [3.63, 3.8) is 0 Å². The number of ether oxygens (including phenoxy) is 1. The van der Waals surface area contributed by atoms with Gasteiger partial charge in [-0.2, -0.15) is 4.98 Å². The van der Waals surface area contributed by atoms with Crippen LogP contribution in [0.1, 0.15) is 23.5 Å². The number of methoxy groups -OCH3 is 1. The predicted molar refractivity (Wildman–Crippen MR) is 110 cm³/mol. The fourth-order valence-corrected chi connectivity index (χ4v) is 3.77. The molecule has 3 aromatic heterocycles. The average molecular weight is 408 g/mol. The second-order valence-electron chi connectivity index (χ2n) is 7.06. The van der Waals surface area contributed by atoms with E-state index in [-0.39, 0.29) is 17.7 Å². The molecule has 9 heteroatoms. The number of hydrogen-bond donors (Lipinski definition) is 1. The first-order valence-corrected chi connectivity index (χ1v) is 9.26. The van der Waals surface area contributed by atoms with E-state index in [1.807, 2.05) is 0 Å². The Hall–Kier alpha value is -3.88. The lowest BCUT2D eigenvalue weighted by Gasteiger charge is -2.18. The first-order valence-electron chi connectivity index (χ1n) is 9.26. The predicted octanol–water partition coefficient (Wildman–Crippen LogP) is 1.29. The smallest absolute Gasteiger partial charge is 0.328 e. The number of nitrogens with zero attached hydrogens (tertiary/aromatic N) is 4. The van der Waals surface area contributed by atoms with Crippen molar-refractivity contribution in [3.05, 3.63) is 74.6 Å². The molecule has 0 aliphatic carbocycles. The minimum absolute atomic E-state index is 0.00983. The molecular formula is C21H20N4O5. The number of aryl methyl sites for hydroxylation is 2. The van der Waals surface area contributed by atoms with Gasteiger partial charge in [-0.05, 0) is 29.8 Å². The lowest BCUT2D eigenvalue weighted by molar-refractivity contribution is -0.140. The number of aromatic nitrogens is 4. The van der Waals surface area contributed by atoms with E-state index < -0.39 is 23.3 Å². The standard InChI is InChI=1S/C21H20N4O5/c1-23-14-8-7-12(10-15(14)24(2)21(23)29)13(11-17(26)30-3)18-19(27)22-16-6-4-5-9-25(16)20(18)28/h4-10,13,27H,11H2,1-3H3/t13-/m1/s1. The fourth-order valence-electron chi connectivity index (χ4n) is 3.77. The maximum absolute atomic E-state index is 13.2. The summed E-state index contributed by atoms with van der Waals surface area (Å²) in [6.45, 7) is 0. The van der Waals surface area contributed by atoms with E-state index in [9.17, 15) is 19.5 Å². The molecular weight excluding hydrogens is 388 g/mol. The van der Waals surface area contributed by atoms with Crippen molar-refractivity contribution < 1.29 is 14.6 Å². The zero-order valence-corrected chi connectivity index (χ0v) is 16.7. The van der Waals surface area contributed by atoms with Crippen LogP contribution in [0.3, 0.4) is 0 Å². The van der Waals surface area contributed by atoms with Gasteiger partial charge in [0.1, 0.15) is 5.65 Å². The van der Waals surface area contributed by atoms with Crippen molar-refractivity contribution in [1.82, 2.24) is 18.5 Å². The monoisotopic (exact) mass is 408 g/mol. The Kier molecular flexibility index (Phi) is 4.65. The highest BCUT2D eigenvalue weighted by Gasteiger charge is 2.27. The van der Waals surface area contributed by atoms with Crippen molar-refractivity contribution in [1.29, 1.82) is 0 Å². The van der Waals surface area contributed by atoms with Crippen LogP contribution < -0.4 is 11.2 Å². The van der Waals surface area contributed by atoms with Crippen LogP contribution in [0.25, 0.3) is 16.7 Å². The third kappa shape index (κ3) is 2.95. The molecule has 0 saturated heterocycles. The minimum atomic E-state index is -0.811. The van der Waals surface area contributed by atoms with Gasteiger partial charge in [-0.25, -0.2) is 4.79 Å². The van der Waals surface area contributed by atoms with Gasteiger partial charge in [0.2, 0.25) is 5.88 Å². The van der Waals surface area contributed by atoms with Gasteiger partial charge in [0.25, 0.3) is 5.56 Å². The van der Waals surface area contributed by atoms with Gasteiger partial charge < -0.3 is 9.84 Å². The molecule has 0 saturated carbocycles. The fraction of sp³-hybridized carbons (Fsp3) is 0.238. The molecule has 4 rings (SSSR count). The Labute approximate surface area is 170 Å². The van der Waals surface area contributed by atoms with Crippen molar-refractivity contribution in [3.8, 4) is 5.88 Å². The van der Waals surface area contributed by atoms with Crippen molar-refractivity contribution in [2.45, 2.75) is 12.3 Å². The van der Waals surface area contributed by atoms with E-state index in [0.29, 0.717) is 22.2 Å². The number of carbonyl (C=O) groups excluding carboxylic acids is 1. The molecule has 1 atom stereocenters. The van der Waals surface area contributed by atoms with Crippen LogP contribution in [-0.2, 0) is 23.6 Å². The van der Waals surface area contributed by atoms with Gasteiger partial charge in [-0.3, -0.25) is 23.1 Å². The molecule has 30 heavy (non-hydrogen) atoms. The van der Waals surface area contributed by atoms with Crippen molar-refractivity contribution in [2.24, 2.45) is 14.1 Å². The third-order valence-corrected chi connectivity index (χ3v) is 5.39. The van der Waals surface area contributed by atoms with Crippen LogP contribution >= 0.6 is 0 Å². The first-order chi connectivity index (χ1) is 14.3. The third-order valence-electron chi connectivity index (χ3n) is 5.39. The Morgan fingerprint density at radius 1 is 1.13 bits per heavy atom. The molecule has 9 nitrogen and oxygen atoms in total. The van der Waals surface area contributed by atoms with Crippen molar-refractivity contribution in [2.75, 3.05) is 7.11 Å². The zero-order valence-electron chi connectivity index (χ0n) is 16.7. The summed E-state index contributed by atoms with van der Waals surface area (Å²) in [5.74, 6) is -1.80. The summed E-state index contributed by atoms with van der Waals surface area (Å²) in [7, 11) is 4.57. The quantitative estimate of drug-likeness (QED) is 0.510. The number of carbonyl (C=O) groups is 1. The molecule has 4 aromatic rings. The normalized spacial score (nSPS) is 12.4. The average Bonchev–Trinajstić information content (AvgIpc) is 2.96. The second-order valence-corrected chi connectivity index (χ2v) is 7.06. The van der Waals surface area contributed by atoms with Crippen LogP contribution in [-0.4, -0.2) is 36.7 Å². The lowest BCUT2D eigenvalue weighted by Crippen LogP contribution is -2.24. The van der Waals surface area contributed by atoms with Gasteiger partial charge in [-0.15, -0.1) is 0 Å². The molecule has 0 radical (unpaired) electrons. The summed E-state index contributed by atoms with van der Waals surface area (Å²) in [5, 5.41) is 10.6. The Morgan fingerprint density at radius 3 is 2.60 bits per heavy atom. The number of rotatable bonds is 4. The summed E-state index contributed by atoms with van der Waals surface area (Å²) < 4.78 is 9.13. The molecule has 0 aliphatic rings. The Balaban J connectivity index is 1.99. The van der Waals surface area contributed by atoms with Crippen LogP contribution in [0.15, 0.2) is 52.2 Å². The Morgan fingerprint density at radius 2 is 1.87 bits per heavy atom. The van der Waals surface area contributed by atoms with E-state index >= 15 is 0 Å². The summed E-state index contributed by atoms with van der Waals surface area (Å²) in [4.78, 5) is 41.7. The molecule has 0 bridgehead atoms. The molecule has 0 spiro atoms. The largest absolute Gasteiger partial charge is 0.493 e. The van der Waals surface area contributed by atoms with Crippen LogP contribution in [0.4, 0.5) is 0 Å². The summed E-state index contributed by atoms with van der Waals surface area (Å²) in [6, 6.07) is 10.2. The molecule has 3 heterocycles. The first kappa shape index (κ1) is 19.4. The van der Waals surface area contributed by atoms with Gasteiger partial charge in [-0.1, -0.05) is 12.1 Å². The lowest BCUT2D eigenvalue weighted by atomic mass is 9.89. The maximum Gasteiger partial charge on any atom is 0.328 e. The summed E-state index contributed by atoms with van der Waals surface area (Å²) >= 11 is 0. The zero-order chi connectivity index (χ0) is 21.6. The maximum atomic E-state index is 13.2. The molecule has 1 aromatic carbocycles. The van der Waals surface area contributed by atoms with Gasteiger partial charge >= 0.3 is 11.7 Å². The van der Waals surface area contributed by atoms with Crippen molar-refractivity contribution >= 4 is 22.6 Å². The topological polar surface area (TPSA) is 108 Å². The second kappa shape index (κ2) is 7.18. The molecule has 0 unspecified atom stereocenters. The number of aromatic hydroxyl groups is 1. The van der Waals surface area contributed by atoms with Gasteiger partial charge in [0.05, 0.1) is 30.1 Å². The minimum Gasteiger partial charge on any atom is -0.493 e. The van der Waals surface area contributed by atoms with E-state index in [1.165, 1.54) is 20.6 Å². The number of esters is 1. The molecule has 1 N–H and O–H groups in total. The number of fused-ring (bicyclic) bond motifs is 2. The van der Waals surface area contributed by atoms with E-state index in [0.717, 1.165) is 0 Å². The number of hydrogen-bond acceptors (Lipinski definition) is 6. The van der Waals surface area contributed by atoms with E-state index in [2.05, 4.69) is 4.98 Å². The van der Waals surface area contributed by atoms with Crippen LogP contribution in [0.2, 0.25) is 0 Å². The highest BCUT2D eigenvalue weighted by molar-refractivity contribution is 5.78. The van der Waals surface area contributed by atoms with Crippen LogP contribution in [0, 0.1) is 0 Å². The highest BCUT2D eigenvalue weighted by Crippen LogP contribution is 2.32. The van der Waals surface area contributed by atoms with E-state index in [4.69, 9.17) is 4.74 Å². The molecule has 0 fully saturated rings. The van der Waals surface area contributed by atoms with Crippen LogP contribution in [0.5, 0.6) is 5.88 Å². The SMILES string of the molecule is COC(=O)C[C@H](c1ccc2c(c1)n(C)c(=O)n2C)c1c(O)nc2ccccn2c1=O. The highest BCUT2D eigenvalue weighted by atomic mass is 16.5. The van der Waals surface area contributed by atoms with Gasteiger partial charge in [0.15, 0.2) is 0 Å². The Bertz CT molecular complexity index is 1410. The number of benzene rings is 1. The number of pyridine rings is 1. The molecule has 154 valence electrons.